The third-order valence-corrected chi connectivity index (χ3v) is 18.6. The Morgan fingerprint density at radius 3 is 0.857 bits per heavy atom. The van der Waals surface area contributed by atoms with E-state index in [1.165, 1.54) is 20.7 Å². The van der Waals surface area contributed by atoms with Gasteiger partial charge < -0.3 is 8.85 Å². The molecule has 0 N–H and O–H groups in total. The van der Waals surface area contributed by atoms with E-state index in [4.69, 9.17) is 8.85 Å². The van der Waals surface area contributed by atoms with Crippen LogP contribution in [0.15, 0.2) is 146 Å². The molecule has 0 aliphatic heterocycles. The maximum atomic E-state index is 7.66. The lowest BCUT2D eigenvalue weighted by atomic mass is 10.1. The molecule has 0 fully saturated rings. The van der Waals surface area contributed by atoms with Crippen molar-refractivity contribution < 1.29 is 8.85 Å². The summed E-state index contributed by atoms with van der Waals surface area (Å²) >= 11 is 0. The molecule has 0 heterocycles. The molecule has 2 atom stereocenters. The Hall–Kier alpha value is -3.29. The van der Waals surface area contributed by atoms with Crippen molar-refractivity contribution in [3.05, 3.63) is 146 Å². The number of hydrogen-bond acceptors (Lipinski definition) is 2. The normalized spacial score (nSPS) is 17.8. The van der Waals surface area contributed by atoms with E-state index in [1.54, 1.807) is 0 Å². The van der Waals surface area contributed by atoms with E-state index in [0.29, 0.717) is 0 Å². The van der Waals surface area contributed by atoms with Crippen molar-refractivity contribution in [1.82, 2.24) is 0 Å². The summed E-state index contributed by atoms with van der Waals surface area (Å²) in [5, 5.41) is 4.83. The maximum Gasteiger partial charge on any atom is 0.262 e. The zero-order valence-corrected chi connectivity index (χ0v) is 27.8. The highest BCUT2D eigenvalue weighted by Crippen LogP contribution is 2.41. The third-order valence-electron chi connectivity index (χ3n) is 8.50. The fourth-order valence-electron chi connectivity index (χ4n) is 6.57. The van der Waals surface area contributed by atoms with Gasteiger partial charge >= 0.3 is 0 Å². The van der Waals surface area contributed by atoms with Gasteiger partial charge in [-0.05, 0) is 30.8 Å². The second-order valence-corrected chi connectivity index (χ2v) is 21.8. The molecular formula is C38H44O2Si2. The SMILES string of the molecule is CC(C)(C)[Si](O[C@H]1C=CC=C[C@H]1O[Si](c1ccccc1)(c1ccccc1)C(C)(C)C)(c1ccccc1)c1ccccc1. The predicted molar refractivity (Wildman–Crippen MR) is 183 cm³/mol. The molecule has 0 aromatic heterocycles. The summed E-state index contributed by atoms with van der Waals surface area (Å²) in [5.41, 5.74) is 0. The molecule has 4 aromatic carbocycles. The molecule has 5 rings (SSSR count). The Labute approximate surface area is 255 Å². The van der Waals surface area contributed by atoms with Crippen molar-refractivity contribution in [3.8, 4) is 0 Å². The lowest BCUT2D eigenvalue weighted by Crippen LogP contribution is -2.70. The van der Waals surface area contributed by atoms with Gasteiger partial charge in [-0.3, -0.25) is 0 Å². The van der Waals surface area contributed by atoms with Crippen LogP contribution >= 0.6 is 0 Å². The van der Waals surface area contributed by atoms with Gasteiger partial charge in [0.25, 0.3) is 16.6 Å². The predicted octanol–water partition coefficient (Wildman–Crippen LogP) is 7.00. The molecule has 4 heteroatoms. The highest BCUT2D eigenvalue weighted by molar-refractivity contribution is 7.00. The van der Waals surface area contributed by atoms with E-state index >= 15 is 0 Å². The van der Waals surface area contributed by atoms with Gasteiger partial charge in [0.2, 0.25) is 0 Å². The number of benzene rings is 4. The summed E-state index contributed by atoms with van der Waals surface area (Å²) in [5.74, 6) is 0. The summed E-state index contributed by atoms with van der Waals surface area (Å²) in [6, 6.07) is 43.5. The monoisotopic (exact) mass is 588 g/mol. The minimum absolute atomic E-state index is 0.132. The van der Waals surface area contributed by atoms with Gasteiger partial charge in [0, 0.05) is 0 Å². The fourth-order valence-corrected chi connectivity index (χ4v) is 15.8. The first kappa shape index (κ1) is 30.2. The first-order valence-corrected chi connectivity index (χ1v) is 18.8. The second-order valence-electron chi connectivity index (χ2n) is 13.3. The first-order valence-electron chi connectivity index (χ1n) is 15.0. The Morgan fingerprint density at radius 2 is 0.643 bits per heavy atom. The van der Waals surface area contributed by atoms with Gasteiger partial charge in [-0.25, -0.2) is 0 Å². The quantitative estimate of drug-likeness (QED) is 0.206. The molecule has 0 unspecified atom stereocenters. The van der Waals surface area contributed by atoms with Gasteiger partial charge in [-0.1, -0.05) is 187 Å². The number of rotatable bonds is 8. The molecule has 0 saturated carbocycles. The number of allylic oxidation sites excluding steroid dienone is 2. The van der Waals surface area contributed by atoms with Crippen LogP contribution in [0, 0.1) is 0 Å². The molecule has 0 spiro atoms. The van der Waals surface area contributed by atoms with Crippen LogP contribution in [0.2, 0.25) is 10.1 Å². The standard InChI is InChI=1S/C38H44O2Si2/c1-37(2,3)41(31-21-11-7-12-22-31,32-23-13-8-14-24-32)39-35-29-19-20-30-36(35)40-42(38(4,5)6,33-25-15-9-16-26-33)34-27-17-10-18-28-34/h7-30,35-36H,1-6H3/t35-,36+. The van der Waals surface area contributed by atoms with Crippen LogP contribution in [0.1, 0.15) is 41.5 Å². The average molecular weight is 589 g/mol. The van der Waals surface area contributed by atoms with Gasteiger partial charge in [0.15, 0.2) is 0 Å². The molecular weight excluding hydrogens is 545 g/mol. The summed E-state index contributed by atoms with van der Waals surface area (Å²) in [7, 11) is -5.62. The smallest absolute Gasteiger partial charge is 0.262 e. The topological polar surface area (TPSA) is 18.5 Å². The van der Waals surface area contributed by atoms with Crippen molar-refractivity contribution in [1.29, 1.82) is 0 Å². The minimum atomic E-state index is -2.81. The maximum absolute atomic E-state index is 7.66. The largest absolute Gasteiger partial charge is 0.398 e. The van der Waals surface area contributed by atoms with E-state index in [9.17, 15) is 0 Å². The summed E-state index contributed by atoms with van der Waals surface area (Å²) in [4.78, 5) is 0. The zero-order valence-electron chi connectivity index (χ0n) is 25.8. The van der Waals surface area contributed by atoms with Crippen molar-refractivity contribution in [3.63, 3.8) is 0 Å². The minimum Gasteiger partial charge on any atom is -0.398 e. The van der Waals surface area contributed by atoms with Crippen LogP contribution in [-0.2, 0) is 8.85 Å². The van der Waals surface area contributed by atoms with E-state index in [0.717, 1.165) is 0 Å². The fraction of sp³-hybridized carbons (Fsp3) is 0.263. The molecule has 0 bridgehead atoms. The lowest BCUT2D eigenvalue weighted by Gasteiger charge is -2.49. The zero-order chi connectivity index (χ0) is 29.8. The molecule has 1 aliphatic carbocycles. The molecule has 0 saturated heterocycles. The van der Waals surface area contributed by atoms with Crippen LogP contribution in [0.3, 0.4) is 0 Å². The molecule has 4 aromatic rings. The van der Waals surface area contributed by atoms with E-state index < -0.39 is 16.6 Å². The van der Waals surface area contributed by atoms with Crippen molar-refractivity contribution >= 4 is 37.4 Å². The van der Waals surface area contributed by atoms with Gasteiger partial charge in [-0.2, -0.15) is 0 Å². The first-order chi connectivity index (χ1) is 20.1. The van der Waals surface area contributed by atoms with E-state index in [-0.39, 0.29) is 22.3 Å². The van der Waals surface area contributed by atoms with Crippen LogP contribution in [0.25, 0.3) is 0 Å². The molecule has 0 amide bonds. The third kappa shape index (κ3) is 5.57. The van der Waals surface area contributed by atoms with Gasteiger partial charge in [0.05, 0.1) is 12.2 Å². The van der Waals surface area contributed by atoms with Gasteiger partial charge in [-0.15, -0.1) is 0 Å². The Bertz CT molecular complexity index is 1290. The Kier molecular flexibility index (Phi) is 8.72. The van der Waals surface area contributed by atoms with Crippen LogP contribution in [-0.4, -0.2) is 28.8 Å². The van der Waals surface area contributed by atoms with Crippen molar-refractivity contribution in [2.24, 2.45) is 0 Å². The molecule has 216 valence electrons. The van der Waals surface area contributed by atoms with E-state index in [1.807, 2.05) is 0 Å². The van der Waals surface area contributed by atoms with Crippen LogP contribution in [0.5, 0.6) is 0 Å². The molecule has 2 nitrogen and oxygen atoms in total. The van der Waals surface area contributed by atoms with Crippen LogP contribution in [0.4, 0.5) is 0 Å². The van der Waals surface area contributed by atoms with Crippen molar-refractivity contribution in [2.75, 3.05) is 0 Å². The highest BCUT2D eigenvalue weighted by Gasteiger charge is 2.55. The molecule has 0 radical (unpaired) electrons. The molecule has 42 heavy (non-hydrogen) atoms. The summed E-state index contributed by atoms with van der Waals surface area (Å²) < 4.78 is 15.3. The van der Waals surface area contributed by atoms with Gasteiger partial charge in [0.1, 0.15) is 0 Å². The highest BCUT2D eigenvalue weighted by atomic mass is 28.4. The van der Waals surface area contributed by atoms with E-state index in [2.05, 4.69) is 187 Å². The Morgan fingerprint density at radius 1 is 0.405 bits per heavy atom. The summed E-state index contributed by atoms with van der Waals surface area (Å²) in [6.45, 7) is 14.0. The van der Waals surface area contributed by atoms with Crippen molar-refractivity contribution in [2.45, 2.75) is 63.8 Å². The Balaban J connectivity index is 1.66. The average Bonchev–Trinajstić information content (AvgIpc) is 3.00. The second kappa shape index (κ2) is 12.1. The summed E-state index contributed by atoms with van der Waals surface area (Å²) in [6.07, 6.45) is 8.16. The molecule has 1 aliphatic rings. The number of hydrogen-bond donors (Lipinski definition) is 0. The van der Waals surface area contributed by atoms with Crippen LogP contribution < -0.4 is 20.7 Å². The lowest BCUT2D eigenvalue weighted by molar-refractivity contribution is 0.0988.